The van der Waals surface area contributed by atoms with Gasteiger partial charge in [0, 0.05) is 23.0 Å². The van der Waals surface area contributed by atoms with Crippen LogP contribution in [-0.4, -0.2) is 9.97 Å². The van der Waals surface area contributed by atoms with Gasteiger partial charge in [0.05, 0.1) is 5.69 Å². The molecule has 0 radical (unpaired) electrons. The first-order valence-corrected chi connectivity index (χ1v) is 9.79. The first-order valence-electron chi connectivity index (χ1n) is 9.79. The van der Waals surface area contributed by atoms with E-state index in [2.05, 4.69) is 81.0 Å². The Labute approximate surface area is 157 Å². The molecule has 3 aromatic rings. The smallest absolute Gasteiger partial charge is 0.0507 e. The lowest BCUT2D eigenvalue weighted by Crippen LogP contribution is -1.96. The zero-order valence-corrected chi connectivity index (χ0v) is 16.7. The minimum Gasteiger partial charge on any atom is -0.260 e. The molecule has 2 aromatic heterocycles. The summed E-state index contributed by atoms with van der Waals surface area (Å²) in [6, 6.07) is 13.0. The van der Waals surface area contributed by atoms with Crippen molar-refractivity contribution in [2.75, 3.05) is 0 Å². The standard InChI is InChI=1S/C13H15N.C11H15N/c1-9(2)13-12-8-10(3)4-5-11(12)6-7-14-13;1-8(2)10-7-6-9-4-3-5-11(9)12-10/h4-9H,1-3H3;6-8H,3-5H2,1-2H3. The molecule has 0 bridgehead atoms. The van der Waals surface area contributed by atoms with Crippen LogP contribution in [0.1, 0.15) is 74.2 Å². The predicted molar refractivity (Wildman–Crippen MR) is 111 cm³/mol. The summed E-state index contributed by atoms with van der Waals surface area (Å²) in [5.74, 6) is 1.05. The van der Waals surface area contributed by atoms with Crippen molar-refractivity contribution in [1.29, 1.82) is 0 Å². The Morgan fingerprint density at radius 1 is 0.885 bits per heavy atom. The number of aromatic nitrogens is 2. The average molecular weight is 347 g/mol. The molecule has 136 valence electrons. The topological polar surface area (TPSA) is 25.8 Å². The Balaban J connectivity index is 0.000000152. The SMILES string of the molecule is CC(C)c1ccc2c(n1)CCC2.Cc1ccc2ccnc(C(C)C)c2c1. The van der Waals surface area contributed by atoms with Gasteiger partial charge in [0.25, 0.3) is 0 Å². The molecule has 0 spiro atoms. The summed E-state index contributed by atoms with van der Waals surface area (Å²) in [7, 11) is 0. The Kier molecular flexibility index (Phi) is 5.70. The molecule has 0 saturated heterocycles. The van der Waals surface area contributed by atoms with Crippen molar-refractivity contribution in [2.24, 2.45) is 0 Å². The third kappa shape index (κ3) is 4.12. The first-order chi connectivity index (χ1) is 12.5. The molecule has 0 saturated carbocycles. The van der Waals surface area contributed by atoms with Crippen LogP contribution in [0, 0.1) is 6.92 Å². The van der Waals surface area contributed by atoms with Gasteiger partial charge in [0.1, 0.15) is 0 Å². The van der Waals surface area contributed by atoms with Crippen molar-refractivity contribution in [1.82, 2.24) is 9.97 Å². The minimum atomic E-state index is 0.487. The molecular formula is C24H30N2. The van der Waals surface area contributed by atoms with E-state index in [9.17, 15) is 0 Å². The molecule has 1 aromatic carbocycles. The number of aryl methyl sites for hydroxylation is 3. The van der Waals surface area contributed by atoms with Gasteiger partial charge in [-0.3, -0.25) is 9.97 Å². The van der Waals surface area contributed by atoms with E-state index in [1.165, 1.54) is 58.2 Å². The van der Waals surface area contributed by atoms with E-state index >= 15 is 0 Å². The van der Waals surface area contributed by atoms with Crippen LogP contribution in [0.15, 0.2) is 42.6 Å². The molecule has 2 heteroatoms. The average Bonchev–Trinajstić information content (AvgIpc) is 3.09. The van der Waals surface area contributed by atoms with E-state index in [0.29, 0.717) is 11.8 Å². The molecule has 4 rings (SSSR count). The van der Waals surface area contributed by atoms with Gasteiger partial charge in [-0.2, -0.15) is 0 Å². The minimum absolute atomic E-state index is 0.487. The Bertz CT molecular complexity index is 894. The summed E-state index contributed by atoms with van der Waals surface area (Å²) in [6.45, 7) is 10.9. The van der Waals surface area contributed by atoms with Gasteiger partial charge in [0.15, 0.2) is 0 Å². The highest BCUT2D eigenvalue weighted by Gasteiger charge is 2.13. The summed E-state index contributed by atoms with van der Waals surface area (Å²) < 4.78 is 0. The molecule has 1 aliphatic carbocycles. The van der Waals surface area contributed by atoms with Crippen molar-refractivity contribution in [3.05, 3.63) is 70.8 Å². The zero-order valence-electron chi connectivity index (χ0n) is 16.7. The van der Waals surface area contributed by atoms with Gasteiger partial charge in [-0.15, -0.1) is 0 Å². The van der Waals surface area contributed by atoms with E-state index in [0.717, 1.165) is 0 Å². The number of pyridine rings is 2. The second-order valence-electron chi connectivity index (χ2n) is 7.93. The van der Waals surface area contributed by atoms with Crippen molar-refractivity contribution < 1.29 is 0 Å². The lowest BCUT2D eigenvalue weighted by atomic mass is 10.0. The van der Waals surface area contributed by atoms with Crippen LogP contribution in [0.25, 0.3) is 10.8 Å². The second kappa shape index (κ2) is 7.99. The summed E-state index contributed by atoms with van der Waals surface area (Å²) >= 11 is 0. The number of hydrogen-bond donors (Lipinski definition) is 0. The van der Waals surface area contributed by atoms with Crippen LogP contribution in [0.3, 0.4) is 0 Å². The maximum absolute atomic E-state index is 4.65. The fourth-order valence-electron chi connectivity index (χ4n) is 3.52. The number of fused-ring (bicyclic) bond motifs is 2. The molecule has 0 aliphatic heterocycles. The van der Waals surface area contributed by atoms with Crippen LogP contribution >= 0.6 is 0 Å². The van der Waals surface area contributed by atoms with Crippen LogP contribution in [-0.2, 0) is 12.8 Å². The quantitative estimate of drug-likeness (QED) is 0.539. The highest BCUT2D eigenvalue weighted by molar-refractivity contribution is 5.85. The van der Waals surface area contributed by atoms with Crippen molar-refractivity contribution in [3.8, 4) is 0 Å². The van der Waals surface area contributed by atoms with E-state index < -0.39 is 0 Å². The Morgan fingerprint density at radius 2 is 1.69 bits per heavy atom. The summed E-state index contributed by atoms with van der Waals surface area (Å²) in [4.78, 5) is 9.10. The van der Waals surface area contributed by atoms with Crippen molar-refractivity contribution >= 4 is 10.8 Å². The van der Waals surface area contributed by atoms with E-state index in [4.69, 9.17) is 0 Å². The van der Waals surface area contributed by atoms with Gasteiger partial charge in [-0.25, -0.2) is 0 Å². The molecule has 0 unspecified atom stereocenters. The molecule has 0 atom stereocenters. The molecule has 0 amide bonds. The maximum Gasteiger partial charge on any atom is 0.0507 e. The van der Waals surface area contributed by atoms with Crippen LogP contribution < -0.4 is 0 Å². The number of rotatable bonds is 2. The number of benzene rings is 1. The molecule has 1 aliphatic rings. The van der Waals surface area contributed by atoms with E-state index in [1.807, 2.05) is 6.20 Å². The van der Waals surface area contributed by atoms with Gasteiger partial charge in [-0.1, -0.05) is 51.5 Å². The first kappa shape index (κ1) is 18.6. The highest BCUT2D eigenvalue weighted by Crippen LogP contribution is 2.24. The maximum atomic E-state index is 4.65. The third-order valence-electron chi connectivity index (χ3n) is 5.04. The summed E-state index contributed by atoms with van der Waals surface area (Å²) in [6.07, 6.45) is 5.62. The molecule has 2 nitrogen and oxygen atoms in total. The third-order valence-corrected chi connectivity index (χ3v) is 5.04. The summed E-state index contributed by atoms with van der Waals surface area (Å²) in [5, 5.41) is 2.58. The predicted octanol–water partition coefficient (Wildman–Crippen LogP) is 6.36. The lowest BCUT2D eigenvalue weighted by Gasteiger charge is -2.08. The molecule has 0 fully saturated rings. The molecular weight excluding hydrogens is 316 g/mol. The van der Waals surface area contributed by atoms with Crippen molar-refractivity contribution in [2.45, 2.75) is 65.7 Å². The van der Waals surface area contributed by atoms with E-state index in [-0.39, 0.29) is 0 Å². The summed E-state index contributed by atoms with van der Waals surface area (Å²) in [5.41, 5.74) is 6.56. The molecule has 2 heterocycles. The Morgan fingerprint density at radius 3 is 2.42 bits per heavy atom. The van der Waals surface area contributed by atoms with Crippen LogP contribution in [0.5, 0.6) is 0 Å². The van der Waals surface area contributed by atoms with Gasteiger partial charge >= 0.3 is 0 Å². The second-order valence-corrected chi connectivity index (χ2v) is 7.93. The van der Waals surface area contributed by atoms with Gasteiger partial charge < -0.3 is 0 Å². The number of nitrogens with zero attached hydrogens (tertiary/aromatic N) is 2. The largest absolute Gasteiger partial charge is 0.260 e. The monoisotopic (exact) mass is 346 g/mol. The fraction of sp³-hybridized carbons (Fsp3) is 0.417. The fourth-order valence-corrected chi connectivity index (χ4v) is 3.52. The van der Waals surface area contributed by atoms with Gasteiger partial charge in [-0.05, 0) is 67.2 Å². The van der Waals surface area contributed by atoms with Gasteiger partial charge in [0.2, 0.25) is 0 Å². The zero-order chi connectivity index (χ0) is 18.7. The van der Waals surface area contributed by atoms with Crippen molar-refractivity contribution in [3.63, 3.8) is 0 Å². The highest BCUT2D eigenvalue weighted by atomic mass is 14.7. The normalized spacial score (nSPS) is 13.0. The number of hydrogen-bond acceptors (Lipinski definition) is 2. The molecule has 0 N–H and O–H groups in total. The lowest BCUT2D eigenvalue weighted by molar-refractivity contribution is 0.806. The van der Waals surface area contributed by atoms with Crippen LogP contribution in [0.2, 0.25) is 0 Å². The molecule has 26 heavy (non-hydrogen) atoms. The Hall–Kier alpha value is -2.22. The van der Waals surface area contributed by atoms with Crippen LogP contribution in [0.4, 0.5) is 0 Å². The van der Waals surface area contributed by atoms with E-state index in [1.54, 1.807) is 0 Å².